The minimum atomic E-state index is -3.14. The van der Waals surface area contributed by atoms with Gasteiger partial charge in [0.15, 0.2) is 0 Å². The van der Waals surface area contributed by atoms with E-state index in [9.17, 15) is 8.42 Å². The molecule has 2 N–H and O–H groups in total. The first-order chi connectivity index (χ1) is 8.02. The lowest BCUT2D eigenvalue weighted by atomic mass is 10.3. The molecule has 1 unspecified atom stereocenters. The van der Waals surface area contributed by atoms with Crippen molar-refractivity contribution < 1.29 is 13.2 Å². The molecule has 0 rings (SSSR count). The average Bonchev–Trinajstić information content (AvgIpc) is 2.27. The van der Waals surface area contributed by atoms with Gasteiger partial charge in [-0.3, -0.25) is 0 Å². The number of sulfonamides is 1. The van der Waals surface area contributed by atoms with Crippen LogP contribution >= 0.6 is 0 Å². The highest BCUT2D eigenvalue weighted by atomic mass is 32.2. The summed E-state index contributed by atoms with van der Waals surface area (Å²) in [4.78, 5) is 0. The molecule has 0 saturated carbocycles. The Balaban J connectivity index is 3.65. The van der Waals surface area contributed by atoms with Crippen LogP contribution in [0.5, 0.6) is 0 Å². The van der Waals surface area contributed by atoms with Crippen molar-refractivity contribution in [1.82, 2.24) is 10.0 Å². The zero-order chi connectivity index (χ0) is 13.1. The highest BCUT2D eigenvalue weighted by Crippen LogP contribution is 1.95. The van der Waals surface area contributed by atoms with E-state index in [1.54, 1.807) is 0 Å². The van der Waals surface area contributed by atoms with Crippen molar-refractivity contribution in [3.05, 3.63) is 0 Å². The summed E-state index contributed by atoms with van der Waals surface area (Å²) >= 11 is 0. The number of hydrogen-bond acceptors (Lipinski definition) is 4. The van der Waals surface area contributed by atoms with E-state index in [0.29, 0.717) is 19.6 Å². The maximum atomic E-state index is 11.6. The molecule has 0 aromatic carbocycles. The molecule has 0 aliphatic heterocycles. The van der Waals surface area contributed by atoms with Crippen LogP contribution in [0.15, 0.2) is 0 Å². The molecule has 104 valence electrons. The molecule has 0 aliphatic rings. The van der Waals surface area contributed by atoms with Crippen molar-refractivity contribution in [2.75, 3.05) is 32.0 Å². The Bertz CT molecular complexity index is 268. The predicted octanol–water partition coefficient (Wildman–Crippen LogP) is 0.721. The molecule has 0 spiro atoms. The third-order valence-electron chi connectivity index (χ3n) is 2.31. The Morgan fingerprint density at radius 2 is 1.94 bits per heavy atom. The van der Waals surface area contributed by atoms with Crippen LogP contribution in [-0.2, 0) is 14.8 Å². The smallest absolute Gasteiger partial charge is 0.211 e. The molecule has 0 saturated heterocycles. The number of ether oxygens (including phenoxy) is 1. The second-order valence-electron chi connectivity index (χ2n) is 3.99. The van der Waals surface area contributed by atoms with E-state index in [2.05, 4.69) is 10.0 Å². The molecule has 0 heterocycles. The molecule has 0 radical (unpaired) electrons. The average molecular weight is 266 g/mol. The molecule has 0 aromatic rings. The first-order valence-electron chi connectivity index (χ1n) is 6.31. The standard InChI is InChI=1S/C11H26N2O3S/c1-4-12-8-6-7-9-17(14,15)13-10-11(3)16-5-2/h11-13H,4-10H2,1-3H3. The van der Waals surface area contributed by atoms with Crippen LogP contribution in [0.4, 0.5) is 0 Å². The molecule has 0 aliphatic carbocycles. The van der Waals surface area contributed by atoms with Crippen molar-refractivity contribution in [2.45, 2.75) is 39.7 Å². The first-order valence-corrected chi connectivity index (χ1v) is 7.96. The van der Waals surface area contributed by atoms with Crippen LogP contribution in [0.25, 0.3) is 0 Å². The number of rotatable bonds is 11. The summed E-state index contributed by atoms with van der Waals surface area (Å²) in [6.45, 7) is 8.55. The maximum Gasteiger partial charge on any atom is 0.211 e. The highest BCUT2D eigenvalue weighted by Gasteiger charge is 2.11. The Kier molecular flexibility index (Phi) is 9.72. The summed E-state index contributed by atoms with van der Waals surface area (Å²) in [7, 11) is -3.14. The van der Waals surface area contributed by atoms with E-state index < -0.39 is 10.0 Å². The van der Waals surface area contributed by atoms with Gasteiger partial charge in [-0.05, 0) is 39.8 Å². The molecular formula is C11H26N2O3S. The molecule has 5 nitrogen and oxygen atoms in total. The normalized spacial score (nSPS) is 13.8. The van der Waals surface area contributed by atoms with E-state index in [-0.39, 0.29) is 11.9 Å². The van der Waals surface area contributed by atoms with E-state index in [1.165, 1.54) is 0 Å². The minimum Gasteiger partial charge on any atom is -0.377 e. The Labute approximate surface area is 105 Å². The highest BCUT2D eigenvalue weighted by molar-refractivity contribution is 7.89. The largest absolute Gasteiger partial charge is 0.377 e. The minimum absolute atomic E-state index is 0.0727. The molecule has 0 fully saturated rings. The van der Waals surface area contributed by atoms with Gasteiger partial charge in [-0.1, -0.05) is 6.92 Å². The van der Waals surface area contributed by atoms with Crippen LogP contribution in [0.2, 0.25) is 0 Å². The van der Waals surface area contributed by atoms with Gasteiger partial charge in [-0.2, -0.15) is 0 Å². The summed E-state index contributed by atoms with van der Waals surface area (Å²) in [5, 5.41) is 3.17. The van der Waals surface area contributed by atoms with Crippen molar-refractivity contribution in [3.8, 4) is 0 Å². The van der Waals surface area contributed by atoms with Gasteiger partial charge in [0.2, 0.25) is 10.0 Å². The van der Waals surface area contributed by atoms with Crippen molar-refractivity contribution in [1.29, 1.82) is 0 Å². The van der Waals surface area contributed by atoms with Gasteiger partial charge in [0.1, 0.15) is 0 Å². The fourth-order valence-electron chi connectivity index (χ4n) is 1.38. The van der Waals surface area contributed by atoms with Gasteiger partial charge in [0, 0.05) is 13.2 Å². The Morgan fingerprint density at radius 3 is 2.53 bits per heavy atom. The van der Waals surface area contributed by atoms with Gasteiger partial charge < -0.3 is 10.1 Å². The summed E-state index contributed by atoms with van der Waals surface area (Å²) in [5.74, 6) is 0.192. The van der Waals surface area contributed by atoms with Crippen molar-refractivity contribution >= 4 is 10.0 Å². The SMILES string of the molecule is CCNCCCCS(=O)(=O)NCC(C)OCC. The van der Waals surface area contributed by atoms with Crippen LogP contribution in [0, 0.1) is 0 Å². The lowest BCUT2D eigenvalue weighted by Gasteiger charge is -2.12. The van der Waals surface area contributed by atoms with E-state index >= 15 is 0 Å². The Hall–Kier alpha value is -0.170. The number of nitrogens with one attached hydrogen (secondary N) is 2. The van der Waals surface area contributed by atoms with Gasteiger partial charge >= 0.3 is 0 Å². The first kappa shape index (κ1) is 16.8. The topological polar surface area (TPSA) is 67.4 Å². The van der Waals surface area contributed by atoms with Crippen molar-refractivity contribution in [2.24, 2.45) is 0 Å². The third kappa shape index (κ3) is 10.7. The monoisotopic (exact) mass is 266 g/mol. The van der Waals surface area contributed by atoms with E-state index in [1.807, 2.05) is 20.8 Å². The van der Waals surface area contributed by atoms with E-state index in [4.69, 9.17) is 4.74 Å². The quantitative estimate of drug-likeness (QED) is 0.541. The second-order valence-corrected chi connectivity index (χ2v) is 5.92. The molecule has 1 atom stereocenters. The number of hydrogen-bond donors (Lipinski definition) is 2. The van der Waals surface area contributed by atoms with Gasteiger partial charge in [0.05, 0.1) is 11.9 Å². The lowest BCUT2D eigenvalue weighted by molar-refractivity contribution is 0.0799. The molecule has 6 heteroatoms. The predicted molar refractivity (Wildman–Crippen MR) is 70.7 cm³/mol. The zero-order valence-corrected chi connectivity index (χ0v) is 12.0. The molecule has 0 amide bonds. The maximum absolute atomic E-state index is 11.6. The zero-order valence-electron chi connectivity index (χ0n) is 11.2. The summed E-state index contributed by atoms with van der Waals surface area (Å²) in [6, 6.07) is 0. The van der Waals surface area contributed by atoms with E-state index in [0.717, 1.165) is 19.5 Å². The van der Waals surface area contributed by atoms with Crippen LogP contribution < -0.4 is 10.0 Å². The van der Waals surface area contributed by atoms with Crippen LogP contribution in [0.3, 0.4) is 0 Å². The number of unbranched alkanes of at least 4 members (excludes halogenated alkanes) is 1. The molecular weight excluding hydrogens is 240 g/mol. The van der Waals surface area contributed by atoms with Crippen LogP contribution in [-0.4, -0.2) is 46.5 Å². The molecule has 17 heavy (non-hydrogen) atoms. The fourth-order valence-corrected chi connectivity index (χ4v) is 2.60. The molecule has 0 bridgehead atoms. The summed E-state index contributed by atoms with van der Waals surface area (Å²) in [5.41, 5.74) is 0. The molecule has 0 aromatic heterocycles. The third-order valence-corrected chi connectivity index (χ3v) is 3.74. The second kappa shape index (κ2) is 9.82. The van der Waals surface area contributed by atoms with Crippen LogP contribution in [0.1, 0.15) is 33.6 Å². The fraction of sp³-hybridized carbons (Fsp3) is 1.00. The van der Waals surface area contributed by atoms with Gasteiger partial charge in [0.25, 0.3) is 0 Å². The van der Waals surface area contributed by atoms with Crippen molar-refractivity contribution in [3.63, 3.8) is 0 Å². The lowest BCUT2D eigenvalue weighted by Crippen LogP contribution is -2.33. The van der Waals surface area contributed by atoms with Gasteiger partial charge in [-0.15, -0.1) is 0 Å². The Morgan fingerprint density at radius 1 is 1.24 bits per heavy atom. The summed E-state index contributed by atoms with van der Waals surface area (Å²) < 4.78 is 31.0. The summed E-state index contributed by atoms with van der Waals surface area (Å²) in [6.07, 6.45) is 1.50. The van der Waals surface area contributed by atoms with Gasteiger partial charge in [-0.25, -0.2) is 13.1 Å².